The lowest BCUT2D eigenvalue weighted by Crippen LogP contribution is -2.34. The summed E-state index contributed by atoms with van der Waals surface area (Å²) in [6.45, 7) is 0. The zero-order chi connectivity index (χ0) is 14.8. The minimum Gasteiger partial charge on any atom is -0.478 e. The van der Waals surface area contributed by atoms with Crippen molar-refractivity contribution < 1.29 is 14.7 Å². The minimum absolute atomic E-state index is 0.244. The predicted octanol–water partition coefficient (Wildman–Crippen LogP) is 2.94. The summed E-state index contributed by atoms with van der Waals surface area (Å²) in [5.41, 5.74) is 1.75. The molecule has 21 heavy (non-hydrogen) atoms. The van der Waals surface area contributed by atoms with Gasteiger partial charge in [0.1, 0.15) is 5.37 Å². The summed E-state index contributed by atoms with van der Waals surface area (Å²) < 4.78 is 0. The van der Waals surface area contributed by atoms with Crippen LogP contribution < -0.4 is 5.32 Å². The number of fused-ring (bicyclic) bond motifs is 1. The van der Waals surface area contributed by atoms with Crippen LogP contribution >= 0.6 is 11.8 Å². The molecule has 0 bridgehead atoms. The normalized spacial score (nSPS) is 20.8. The third-order valence-corrected chi connectivity index (χ3v) is 4.88. The number of carboxylic acid groups (broad SMARTS) is 1. The molecule has 3 rings (SSSR count). The fourth-order valence-corrected chi connectivity index (χ4v) is 3.97. The molecular weight excluding hydrogens is 286 g/mol. The van der Waals surface area contributed by atoms with E-state index in [1.165, 1.54) is 11.8 Å². The molecule has 4 nitrogen and oxygen atoms in total. The van der Waals surface area contributed by atoms with Crippen molar-refractivity contribution in [2.75, 3.05) is 0 Å². The Morgan fingerprint density at radius 3 is 2.71 bits per heavy atom. The number of aliphatic carboxylic acids is 1. The first-order valence-corrected chi connectivity index (χ1v) is 7.74. The van der Waals surface area contributed by atoms with E-state index in [0.29, 0.717) is 11.1 Å². The molecule has 0 aromatic heterocycles. The molecule has 2 N–H and O–H groups in total. The molecule has 1 aromatic carbocycles. The molecule has 5 heteroatoms. The van der Waals surface area contributed by atoms with E-state index < -0.39 is 11.3 Å². The maximum Gasteiger partial charge on any atom is 0.334 e. The van der Waals surface area contributed by atoms with Crippen LogP contribution in [-0.4, -0.2) is 22.4 Å². The third-order valence-electron chi connectivity index (χ3n) is 3.62. The Bertz CT molecular complexity index is 649. The van der Waals surface area contributed by atoms with E-state index in [1.807, 2.05) is 6.07 Å². The molecule has 1 unspecified atom stereocenters. The molecule has 0 saturated heterocycles. The van der Waals surface area contributed by atoms with Crippen molar-refractivity contribution in [3.8, 4) is 0 Å². The molecular formula is C16H15NO3S. The predicted molar refractivity (Wildman–Crippen MR) is 81.9 cm³/mol. The number of nitrogens with one attached hydrogen (secondary N) is 1. The smallest absolute Gasteiger partial charge is 0.334 e. The SMILES string of the molecule is O=C(O)C1=C2CCCC=C2SC1NC(=O)c1ccccc1. The van der Waals surface area contributed by atoms with Crippen LogP contribution in [0.3, 0.4) is 0 Å². The lowest BCUT2D eigenvalue weighted by Gasteiger charge is -2.13. The zero-order valence-electron chi connectivity index (χ0n) is 11.3. The van der Waals surface area contributed by atoms with Crippen molar-refractivity contribution in [1.29, 1.82) is 0 Å². The first-order valence-electron chi connectivity index (χ1n) is 6.86. The first-order chi connectivity index (χ1) is 10.2. The van der Waals surface area contributed by atoms with Crippen LogP contribution in [0, 0.1) is 0 Å². The number of benzene rings is 1. The highest BCUT2D eigenvalue weighted by Gasteiger charge is 2.36. The molecule has 1 aliphatic heterocycles. The van der Waals surface area contributed by atoms with Gasteiger partial charge in [-0.15, -0.1) is 0 Å². The van der Waals surface area contributed by atoms with Crippen LogP contribution in [0.5, 0.6) is 0 Å². The lowest BCUT2D eigenvalue weighted by atomic mass is 9.97. The van der Waals surface area contributed by atoms with E-state index in [2.05, 4.69) is 11.4 Å². The number of hydrogen-bond donors (Lipinski definition) is 2. The number of allylic oxidation sites excluding steroid dienone is 2. The van der Waals surface area contributed by atoms with Crippen molar-refractivity contribution in [1.82, 2.24) is 5.32 Å². The molecule has 108 valence electrons. The quantitative estimate of drug-likeness (QED) is 0.901. The average molecular weight is 301 g/mol. The average Bonchev–Trinajstić information content (AvgIpc) is 2.86. The van der Waals surface area contributed by atoms with Crippen molar-refractivity contribution in [2.24, 2.45) is 0 Å². The number of hydrogen-bond acceptors (Lipinski definition) is 3. The highest BCUT2D eigenvalue weighted by atomic mass is 32.2. The number of carbonyl (C=O) groups excluding carboxylic acids is 1. The molecule has 0 radical (unpaired) electrons. The van der Waals surface area contributed by atoms with Crippen LogP contribution in [0.2, 0.25) is 0 Å². The highest BCUT2D eigenvalue weighted by Crippen LogP contribution is 2.45. The lowest BCUT2D eigenvalue weighted by molar-refractivity contribution is -0.132. The van der Waals surface area contributed by atoms with Gasteiger partial charge in [0.2, 0.25) is 0 Å². The zero-order valence-corrected chi connectivity index (χ0v) is 12.2. The topological polar surface area (TPSA) is 66.4 Å². The minimum atomic E-state index is -0.943. The Morgan fingerprint density at radius 1 is 1.24 bits per heavy atom. The molecule has 0 saturated carbocycles. The van der Waals surface area contributed by atoms with Crippen LogP contribution in [0.4, 0.5) is 0 Å². The van der Waals surface area contributed by atoms with Gasteiger partial charge in [-0.3, -0.25) is 4.79 Å². The van der Waals surface area contributed by atoms with Gasteiger partial charge in [-0.25, -0.2) is 4.79 Å². The standard InChI is InChI=1S/C16H15NO3S/c18-14(10-6-2-1-3-7-10)17-15-13(16(19)20)11-8-4-5-9-12(11)21-15/h1-3,6-7,9,15H,4-5,8H2,(H,17,18)(H,19,20). The summed E-state index contributed by atoms with van der Waals surface area (Å²) in [7, 11) is 0. The van der Waals surface area contributed by atoms with Gasteiger partial charge >= 0.3 is 5.97 Å². The van der Waals surface area contributed by atoms with Crippen molar-refractivity contribution in [3.05, 3.63) is 58.0 Å². The fourth-order valence-electron chi connectivity index (χ4n) is 2.62. The van der Waals surface area contributed by atoms with Crippen LogP contribution in [0.15, 0.2) is 52.5 Å². The fraction of sp³-hybridized carbons (Fsp3) is 0.250. The number of thioether (sulfide) groups is 1. The Morgan fingerprint density at radius 2 is 2.00 bits per heavy atom. The van der Waals surface area contributed by atoms with Crippen molar-refractivity contribution >= 4 is 23.6 Å². The number of rotatable bonds is 3. The van der Waals surface area contributed by atoms with Crippen molar-refractivity contribution in [3.63, 3.8) is 0 Å². The summed E-state index contributed by atoms with van der Waals surface area (Å²) >= 11 is 1.43. The molecule has 1 amide bonds. The van der Waals surface area contributed by atoms with E-state index in [1.54, 1.807) is 24.3 Å². The molecule has 0 spiro atoms. The second-order valence-electron chi connectivity index (χ2n) is 5.00. The molecule has 0 fully saturated rings. The summed E-state index contributed by atoms with van der Waals surface area (Å²) in [5.74, 6) is -1.19. The Balaban J connectivity index is 1.85. The summed E-state index contributed by atoms with van der Waals surface area (Å²) in [4.78, 5) is 24.8. The van der Waals surface area contributed by atoms with E-state index in [0.717, 1.165) is 29.7 Å². The van der Waals surface area contributed by atoms with E-state index in [9.17, 15) is 14.7 Å². The van der Waals surface area contributed by atoms with Gasteiger partial charge in [0.25, 0.3) is 5.91 Å². The van der Waals surface area contributed by atoms with Crippen LogP contribution in [0.25, 0.3) is 0 Å². The van der Waals surface area contributed by atoms with E-state index in [-0.39, 0.29) is 5.91 Å². The maximum absolute atomic E-state index is 12.2. The molecule has 1 aliphatic carbocycles. The van der Waals surface area contributed by atoms with Gasteiger partial charge in [0, 0.05) is 10.5 Å². The van der Waals surface area contributed by atoms with Gasteiger partial charge in [-0.2, -0.15) is 0 Å². The molecule has 1 aromatic rings. The second kappa shape index (κ2) is 5.77. The Labute approximate surface area is 126 Å². The van der Waals surface area contributed by atoms with E-state index in [4.69, 9.17) is 0 Å². The third kappa shape index (κ3) is 2.74. The van der Waals surface area contributed by atoms with E-state index >= 15 is 0 Å². The van der Waals surface area contributed by atoms with Gasteiger partial charge in [-0.1, -0.05) is 36.0 Å². The van der Waals surface area contributed by atoms with Gasteiger partial charge in [0.05, 0.1) is 5.57 Å². The highest BCUT2D eigenvalue weighted by molar-refractivity contribution is 8.04. The Kier molecular flexibility index (Phi) is 3.84. The molecule has 1 heterocycles. The monoisotopic (exact) mass is 301 g/mol. The van der Waals surface area contributed by atoms with Gasteiger partial charge < -0.3 is 10.4 Å². The first kappa shape index (κ1) is 13.9. The summed E-state index contributed by atoms with van der Waals surface area (Å²) in [6.07, 6.45) is 4.78. The largest absolute Gasteiger partial charge is 0.478 e. The number of carbonyl (C=O) groups is 2. The summed E-state index contributed by atoms with van der Waals surface area (Å²) in [5, 5.41) is 11.8. The van der Waals surface area contributed by atoms with Crippen LogP contribution in [0.1, 0.15) is 29.6 Å². The molecule has 2 aliphatic rings. The van der Waals surface area contributed by atoms with Crippen LogP contribution in [-0.2, 0) is 4.79 Å². The van der Waals surface area contributed by atoms with Crippen molar-refractivity contribution in [2.45, 2.75) is 24.6 Å². The number of carboxylic acids is 1. The molecule has 1 atom stereocenters. The van der Waals surface area contributed by atoms with Gasteiger partial charge in [0.15, 0.2) is 0 Å². The maximum atomic E-state index is 12.2. The van der Waals surface area contributed by atoms with Gasteiger partial charge in [-0.05, 0) is 37.0 Å². The summed E-state index contributed by atoms with van der Waals surface area (Å²) in [6, 6.07) is 8.85. The number of amides is 1. The second-order valence-corrected chi connectivity index (χ2v) is 6.14. The Hall–Kier alpha value is -2.01.